The number of benzene rings is 1. The molecule has 0 heterocycles. The van der Waals surface area contributed by atoms with Gasteiger partial charge in [-0.25, -0.2) is 12.7 Å². The monoisotopic (exact) mass is 370 g/mol. The highest BCUT2D eigenvalue weighted by molar-refractivity contribution is 7.89. The molecular weight excluding hydrogens is 340 g/mol. The van der Waals surface area contributed by atoms with E-state index in [-0.39, 0.29) is 5.75 Å². The van der Waals surface area contributed by atoms with Gasteiger partial charge < -0.3 is 15.4 Å². The normalized spacial score (nSPS) is 12.3. The molecule has 1 aromatic rings. The van der Waals surface area contributed by atoms with E-state index < -0.39 is 10.0 Å². The van der Waals surface area contributed by atoms with Crippen LogP contribution < -0.4 is 15.4 Å². The first kappa shape index (κ1) is 21.2. The van der Waals surface area contributed by atoms with E-state index in [0.717, 1.165) is 5.75 Å². The topological polar surface area (TPSA) is 83.0 Å². The van der Waals surface area contributed by atoms with Crippen LogP contribution in [-0.2, 0) is 10.0 Å². The van der Waals surface area contributed by atoms with Gasteiger partial charge in [0.2, 0.25) is 10.0 Å². The van der Waals surface area contributed by atoms with E-state index in [0.29, 0.717) is 38.6 Å². The number of rotatable bonds is 10. The third-order valence-corrected chi connectivity index (χ3v) is 5.55. The summed E-state index contributed by atoms with van der Waals surface area (Å²) < 4.78 is 30.3. The van der Waals surface area contributed by atoms with Crippen molar-refractivity contribution in [1.29, 1.82) is 0 Å². The van der Waals surface area contributed by atoms with Gasteiger partial charge in [0.05, 0.1) is 12.3 Å². The van der Waals surface area contributed by atoms with Crippen LogP contribution in [0.2, 0.25) is 0 Å². The summed E-state index contributed by atoms with van der Waals surface area (Å²) >= 11 is 0. The number of sulfonamides is 1. The molecular formula is C17H30N4O3S. The number of aliphatic imine (C=N–C) groups is 1. The zero-order valence-corrected chi connectivity index (χ0v) is 16.4. The van der Waals surface area contributed by atoms with Gasteiger partial charge in [0.1, 0.15) is 12.4 Å². The molecule has 8 heteroatoms. The molecule has 25 heavy (non-hydrogen) atoms. The molecule has 0 bridgehead atoms. The lowest BCUT2D eigenvalue weighted by atomic mass is 10.2. The summed E-state index contributed by atoms with van der Waals surface area (Å²) in [5.41, 5.74) is 1.20. The molecule has 1 aromatic carbocycles. The Morgan fingerprint density at radius 3 is 2.44 bits per heavy atom. The average Bonchev–Trinajstić information content (AvgIpc) is 2.61. The minimum Gasteiger partial charge on any atom is -0.492 e. The molecule has 0 aliphatic carbocycles. The molecule has 142 valence electrons. The average molecular weight is 371 g/mol. The van der Waals surface area contributed by atoms with Gasteiger partial charge in [-0.1, -0.05) is 17.7 Å². The maximum atomic E-state index is 11.6. The van der Waals surface area contributed by atoms with Gasteiger partial charge >= 0.3 is 0 Å². The summed E-state index contributed by atoms with van der Waals surface area (Å²) in [6, 6.07) is 7.92. The van der Waals surface area contributed by atoms with Crippen molar-refractivity contribution >= 4 is 16.0 Å². The van der Waals surface area contributed by atoms with Gasteiger partial charge in [0, 0.05) is 27.2 Å². The van der Waals surface area contributed by atoms with Crippen molar-refractivity contribution in [1.82, 2.24) is 14.9 Å². The Kier molecular flexibility index (Phi) is 9.30. The minimum atomic E-state index is -3.11. The van der Waals surface area contributed by atoms with Gasteiger partial charge in [-0.3, -0.25) is 4.99 Å². The predicted molar refractivity (Wildman–Crippen MR) is 103 cm³/mol. The first-order valence-electron chi connectivity index (χ1n) is 8.47. The molecule has 0 unspecified atom stereocenters. The van der Waals surface area contributed by atoms with Crippen LogP contribution in [0.1, 0.15) is 18.9 Å². The van der Waals surface area contributed by atoms with Crippen molar-refractivity contribution in [3.05, 3.63) is 29.8 Å². The molecule has 0 spiro atoms. The lowest BCUT2D eigenvalue weighted by molar-refractivity contribution is 0.322. The highest BCUT2D eigenvalue weighted by Gasteiger charge is 2.13. The van der Waals surface area contributed by atoms with Crippen molar-refractivity contribution in [3.8, 4) is 5.75 Å². The molecule has 0 amide bonds. The van der Waals surface area contributed by atoms with E-state index in [4.69, 9.17) is 4.74 Å². The van der Waals surface area contributed by atoms with Crippen LogP contribution in [0.15, 0.2) is 29.3 Å². The number of hydrogen-bond donors (Lipinski definition) is 2. The Hall–Kier alpha value is -1.80. The second kappa shape index (κ2) is 10.9. The lowest BCUT2D eigenvalue weighted by Gasteiger charge is -2.17. The summed E-state index contributed by atoms with van der Waals surface area (Å²) in [5, 5.41) is 6.32. The molecule has 0 aliphatic heterocycles. The van der Waals surface area contributed by atoms with Crippen molar-refractivity contribution in [2.24, 2.45) is 4.99 Å². The molecule has 7 nitrogen and oxygen atoms in total. The van der Waals surface area contributed by atoms with Crippen LogP contribution in [0.5, 0.6) is 5.75 Å². The van der Waals surface area contributed by atoms with E-state index >= 15 is 0 Å². The molecule has 0 aromatic heterocycles. The van der Waals surface area contributed by atoms with Gasteiger partial charge in [0.25, 0.3) is 0 Å². The minimum absolute atomic E-state index is 0.126. The highest BCUT2D eigenvalue weighted by atomic mass is 32.2. The Labute approximate surface area is 151 Å². The molecule has 2 N–H and O–H groups in total. The number of ether oxygens (including phenoxy) is 1. The summed E-state index contributed by atoms with van der Waals surface area (Å²) in [6.07, 6.45) is 0.705. The summed E-state index contributed by atoms with van der Waals surface area (Å²) in [4.78, 5) is 4.13. The maximum absolute atomic E-state index is 11.6. The number of guanidine groups is 1. The fourth-order valence-corrected chi connectivity index (χ4v) is 2.91. The summed E-state index contributed by atoms with van der Waals surface area (Å²) in [6.45, 7) is 5.96. The largest absolute Gasteiger partial charge is 0.492 e. The first-order chi connectivity index (χ1) is 11.9. The Balaban J connectivity index is 2.19. The Morgan fingerprint density at radius 1 is 1.20 bits per heavy atom. The Morgan fingerprint density at radius 2 is 1.84 bits per heavy atom. The van der Waals surface area contributed by atoms with Crippen molar-refractivity contribution in [2.75, 3.05) is 46.1 Å². The predicted octanol–water partition coefficient (Wildman–Crippen LogP) is 1.21. The molecule has 0 aliphatic rings. The summed E-state index contributed by atoms with van der Waals surface area (Å²) in [5.74, 6) is 1.64. The lowest BCUT2D eigenvalue weighted by Crippen LogP contribution is -2.40. The van der Waals surface area contributed by atoms with Crippen LogP contribution >= 0.6 is 0 Å². The molecule has 0 saturated carbocycles. The van der Waals surface area contributed by atoms with E-state index in [2.05, 4.69) is 15.6 Å². The smallest absolute Gasteiger partial charge is 0.213 e. The van der Waals surface area contributed by atoms with Crippen molar-refractivity contribution < 1.29 is 13.2 Å². The van der Waals surface area contributed by atoms with Crippen LogP contribution in [0.3, 0.4) is 0 Å². The third-order valence-electron chi connectivity index (χ3n) is 3.69. The molecule has 0 radical (unpaired) electrons. The third kappa shape index (κ3) is 8.22. The van der Waals surface area contributed by atoms with Gasteiger partial charge in [-0.05, 0) is 32.4 Å². The van der Waals surface area contributed by atoms with E-state index in [1.54, 1.807) is 21.0 Å². The van der Waals surface area contributed by atoms with Gasteiger partial charge in [0.15, 0.2) is 5.96 Å². The number of nitrogens with zero attached hydrogens (tertiary/aromatic N) is 2. The number of nitrogens with one attached hydrogen (secondary N) is 2. The van der Waals surface area contributed by atoms with Gasteiger partial charge in [-0.15, -0.1) is 0 Å². The highest BCUT2D eigenvalue weighted by Crippen LogP contribution is 2.10. The van der Waals surface area contributed by atoms with Crippen LogP contribution in [-0.4, -0.2) is 64.8 Å². The fourth-order valence-electron chi connectivity index (χ4n) is 2.06. The van der Waals surface area contributed by atoms with E-state index in [1.807, 2.05) is 31.2 Å². The van der Waals surface area contributed by atoms with E-state index in [9.17, 15) is 8.42 Å². The maximum Gasteiger partial charge on any atom is 0.213 e. The molecule has 0 atom stereocenters. The molecule has 1 rings (SSSR count). The Bertz CT molecular complexity index is 630. The summed E-state index contributed by atoms with van der Waals surface area (Å²) in [7, 11) is 0.196. The fraction of sp³-hybridized carbons (Fsp3) is 0.588. The molecule has 0 fully saturated rings. The zero-order valence-electron chi connectivity index (χ0n) is 15.6. The van der Waals surface area contributed by atoms with Crippen LogP contribution in [0.4, 0.5) is 0 Å². The van der Waals surface area contributed by atoms with E-state index in [1.165, 1.54) is 9.87 Å². The SMILES string of the molecule is CCS(=O)(=O)N(C)CCCNC(=NC)NCCOc1ccc(C)cc1. The van der Waals surface area contributed by atoms with Crippen molar-refractivity contribution in [2.45, 2.75) is 20.3 Å². The number of hydrogen-bond acceptors (Lipinski definition) is 4. The quantitative estimate of drug-likeness (QED) is 0.367. The number of aryl methyl sites for hydroxylation is 1. The zero-order chi connectivity index (χ0) is 18.7. The molecule has 0 saturated heterocycles. The second-order valence-electron chi connectivity index (χ2n) is 5.66. The van der Waals surface area contributed by atoms with Crippen molar-refractivity contribution in [3.63, 3.8) is 0 Å². The second-order valence-corrected chi connectivity index (χ2v) is 8.03. The standard InChI is InChI=1S/C17H30N4O3S/c1-5-25(22,23)21(4)13-6-11-19-17(18-3)20-12-14-24-16-9-7-15(2)8-10-16/h7-10H,5-6,11-14H2,1-4H3,(H2,18,19,20). The van der Waals surface area contributed by atoms with Crippen LogP contribution in [0, 0.1) is 6.92 Å². The first-order valence-corrected chi connectivity index (χ1v) is 10.1. The van der Waals surface area contributed by atoms with Crippen LogP contribution in [0.25, 0.3) is 0 Å². The van der Waals surface area contributed by atoms with Gasteiger partial charge in [-0.2, -0.15) is 0 Å².